The highest BCUT2D eigenvalue weighted by Gasteiger charge is 2.30. The van der Waals surface area contributed by atoms with Crippen molar-refractivity contribution < 1.29 is 13.2 Å². The van der Waals surface area contributed by atoms with Crippen LogP contribution in [0.1, 0.15) is 6.42 Å². The fraction of sp³-hybridized carbons (Fsp3) is 0.333. The van der Waals surface area contributed by atoms with Gasteiger partial charge in [-0.15, -0.1) is 0 Å². The highest BCUT2D eigenvalue weighted by molar-refractivity contribution is 7.89. The summed E-state index contributed by atoms with van der Waals surface area (Å²) in [6, 6.07) is 3.88. The van der Waals surface area contributed by atoms with Gasteiger partial charge in [-0.25, -0.2) is 17.9 Å². The molecule has 0 saturated carbocycles. The number of imidazole rings is 1. The van der Waals surface area contributed by atoms with Gasteiger partial charge < -0.3 is 14.9 Å². The highest BCUT2D eigenvalue weighted by Crippen LogP contribution is 2.17. The number of nitrogens with zero attached hydrogens (tertiary/aromatic N) is 1. The summed E-state index contributed by atoms with van der Waals surface area (Å²) in [5.41, 5.74) is 0.563. The van der Waals surface area contributed by atoms with Gasteiger partial charge in [-0.1, -0.05) is 0 Å². The van der Waals surface area contributed by atoms with Crippen LogP contribution in [0.3, 0.4) is 0 Å². The highest BCUT2D eigenvalue weighted by atomic mass is 32.2. The Bertz CT molecular complexity index is 867. The molecular formula is C12H14N4O4S. The van der Waals surface area contributed by atoms with Gasteiger partial charge >= 0.3 is 5.69 Å². The number of aromatic nitrogens is 2. The van der Waals surface area contributed by atoms with Crippen LogP contribution in [0.15, 0.2) is 27.9 Å². The van der Waals surface area contributed by atoms with E-state index in [1.54, 1.807) is 7.05 Å². The van der Waals surface area contributed by atoms with Crippen molar-refractivity contribution in [3.63, 3.8) is 0 Å². The molecule has 112 valence electrons. The van der Waals surface area contributed by atoms with Crippen LogP contribution >= 0.6 is 0 Å². The van der Waals surface area contributed by atoms with Crippen LogP contribution in [0, 0.1) is 0 Å². The number of aromatic amines is 2. The minimum absolute atomic E-state index is 0.0484. The third kappa shape index (κ3) is 2.57. The molecule has 0 aliphatic carbocycles. The van der Waals surface area contributed by atoms with Crippen LogP contribution in [0.25, 0.3) is 11.0 Å². The zero-order chi connectivity index (χ0) is 15.2. The van der Waals surface area contributed by atoms with E-state index in [2.05, 4.69) is 14.7 Å². The molecule has 2 aromatic rings. The number of sulfonamides is 1. The summed E-state index contributed by atoms with van der Waals surface area (Å²) in [4.78, 5) is 29.2. The van der Waals surface area contributed by atoms with Gasteiger partial charge in [-0.05, 0) is 18.2 Å². The molecule has 2 heterocycles. The smallest absolute Gasteiger partial charge is 0.323 e. The van der Waals surface area contributed by atoms with Crippen LogP contribution in [0.4, 0.5) is 0 Å². The number of benzene rings is 1. The second kappa shape index (κ2) is 4.71. The SMILES string of the molecule is CN1CC(NS(=O)(=O)c2ccc3[nH]c(=O)[nH]c3c2)CC1=O. The molecule has 0 bridgehead atoms. The first-order chi connectivity index (χ1) is 9.85. The molecule has 8 nitrogen and oxygen atoms in total. The van der Waals surface area contributed by atoms with Crippen LogP contribution in [-0.2, 0) is 14.8 Å². The number of nitrogens with one attached hydrogen (secondary N) is 3. The molecule has 21 heavy (non-hydrogen) atoms. The van der Waals surface area contributed by atoms with Crippen molar-refractivity contribution in [1.29, 1.82) is 0 Å². The normalized spacial score (nSPS) is 19.6. The summed E-state index contributed by atoms with van der Waals surface area (Å²) in [5, 5.41) is 0. The van der Waals surface area contributed by atoms with E-state index < -0.39 is 21.8 Å². The monoisotopic (exact) mass is 310 g/mol. The van der Waals surface area contributed by atoms with E-state index in [1.807, 2.05) is 0 Å². The lowest BCUT2D eigenvalue weighted by molar-refractivity contribution is -0.126. The van der Waals surface area contributed by atoms with E-state index in [9.17, 15) is 18.0 Å². The predicted octanol–water partition coefficient (Wildman–Crippen LogP) is -0.635. The molecule has 0 spiro atoms. The molecule has 3 rings (SSSR count). The van der Waals surface area contributed by atoms with Crippen LogP contribution in [0.5, 0.6) is 0 Å². The van der Waals surface area contributed by atoms with E-state index in [0.29, 0.717) is 17.6 Å². The molecule has 0 radical (unpaired) electrons. The topological polar surface area (TPSA) is 115 Å². The largest absolute Gasteiger partial charge is 0.344 e. The van der Waals surface area contributed by atoms with Gasteiger partial charge in [0.1, 0.15) is 0 Å². The van der Waals surface area contributed by atoms with E-state index in [4.69, 9.17) is 0 Å². The van der Waals surface area contributed by atoms with Crippen LogP contribution in [0.2, 0.25) is 0 Å². The first-order valence-electron chi connectivity index (χ1n) is 6.33. The minimum atomic E-state index is -3.74. The number of rotatable bonds is 3. The lowest BCUT2D eigenvalue weighted by Crippen LogP contribution is -2.36. The van der Waals surface area contributed by atoms with Gasteiger partial charge in [0.25, 0.3) is 0 Å². The number of likely N-dealkylation sites (N-methyl/N-ethyl adjacent to an activating group) is 1. The fourth-order valence-electron chi connectivity index (χ4n) is 2.41. The standard InChI is InChI=1S/C12H14N4O4S/c1-16-6-7(4-11(16)17)15-21(19,20)8-2-3-9-10(5-8)14-12(18)13-9/h2-3,5,7,15H,4,6H2,1H3,(H2,13,14,18). The number of hydrogen-bond donors (Lipinski definition) is 3. The Balaban J connectivity index is 1.89. The van der Waals surface area contributed by atoms with Gasteiger partial charge in [0.2, 0.25) is 15.9 Å². The Hall–Kier alpha value is -2.13. The van der Waals surface area contributed by atoms with Gasteiger partial charge in [0, 0.05) is 26.1 Å². The maximum absolute atomic E-state index is 12.3. The summed E-state index contributed by atoms with van der Waals surface area (Å²) in [5.74, 6) is -0.0897. The summed E-state index contributed by atoms with van der Waals surface area (Å²) in [7, 11) is -2.11. The van der Waals surface area contributed by atoms with Crippen molar-refractivity contribution in [1.82, 2.24) is 19.6 Å². The molecule has 1 unspecified atom stereocenters. The third-order valence-electron chi connectivity index (χ3n) is 3.46. The van der Waals surface area contributed by atoms with Crippen LogP contribution < -0.4 is 10.4 Å². The Kier molecular flexibility index (Phi) is 3.10. The Morgan fingerprint density at radius 1 is 1.24 bits per heavy atom. The molecular weight excluding hydrogens is 296 g/mol. The van der Waals surface area contributed by atoms with E-state index in [0.717, 1.165) is 0 Å². The summed E-state index contributed by atoms with van der Waals surface area (Å²) >= 11 is 0. The van der Waals surface area contributed by atoms with E-state index in [1.165, 1.54) is 23.1 Å². The van der Waals surface area contributed by atoms with Crippen molar-refractivity contribution in [3.8, 4) is 0 Å². The Morgan fingerprint density at radius 2 is 1.95 bits per heavy atom. The molecule has 1 atom stereocenters. The lowest BCUT2D eigenvalue weighted by atomic mass is 10.3. The molecule has 1 aliphatic heterocycles. The predicted molar refractivity (Wildman–Crippen MR) is 75.3 cm³/mol. The zero-order valence-electron chi connectivity index (χ0n) is 11.2. The number of H-pyrrole nitrogens is 2. The number of likely N-dealkylation sites (tertiary alicyclic amines) is 1. The van der Waals surface area contributed by atoms with E-state index >= 15 is 0 Å². The molecule has 9 heteroatoms. The zero-order valence-corrected chi connectivity index (χ0v) is 12.0. The molecule has 1 saturated heterocycles. The number of carbonyl (C=O) groups excluding carboxylic acids is 1. The van der Waals surface area contributed by atoms with Crippen molar-refractivity contribution in [2.45, 2.75) is 17.4 Å². The van der Waals surface area contributed by atoms with Crippen molar-refractivity contribution in [2.75, 3.05) is 13.6 Å². The third-order valence-corrected chi connectivity index (χ3v) is 4.98. The first kappa shape index (κ1) is 13.8. The van der Waals surface area contributed by atoms with Crippen molar-refractivity contribution in [2.24, 2.45) is 0 Å². The minimum Gasteiger partial charge on any atom is -0.344 e. The average Bonchev–Trinajstić information content (AvgIpc) is 2.90. The molecule has 3 N–H and O–H groups in total. The van der Waals surface area contributed by atoms with Gasteiger partial charge in [-0.3, -0.25) is 4.79 Å². The fourth-order valence-corrected chi connectivity index (χ4v) is 3.66. The molecule has 1 fully saturated rings. The summed E-state index contributed by atoms with van der Waals surface area (Å²) in [6.07, 6.45) is 0.152. The maximum atomic E-state index is 12.3. The quantitative estimate of drug-likeness (QED) is 0.699. The summed E-state index contributed by atoms with van der Waals surface area (Å²) < 4.78 is 27.1. The summed E-state index contributed by atoms with van der Waals surface area (Å²) in [6.45, 7) is 0.349. The van der Waals surface area contributed by atoms with E-state index in [-0.39, 0.29) is 17.2 Å². The Labute approximate surface area is 120 Å². The van der Waals surface area contributed by atoms with Crippen molar-refractivity contribution in [3.05, 3.63) is 28.7 Å². The molecule has 1 aromatic heterocycles. The lowest BCUT2D eigenvalue weighted by Gasteiger charge is -2.12. The molecule has 1 aromatic carbocycles. The van der Waals surface area contributed by atoms with Gasteiger partial charge in [0.05, 0.1) is 15.9 Å². The van der Waals surface area contributed by atoms with Crippen LogP contribution in [-0.4, -0.2) is 48.8 Å². The Morgan fingerprint density at radius 3 is 2.62 bits per heavy atom. The number of hydrogen-bond acceptors (Lipinski definition) is 4. The second-order valence-electron chi connectivity index (χ2n) is 5.08. The van der Waals surface area contributed by atoms with Gasteiger partial charge in [0.15, 0.2) is 0 Å². The number of carbonyl (C=O) groups is 1. The maximum Gasteiger partial charge on any atom is 0.323 e. The molecule has 1 amide bonds. The molecule has 1 aliphatic rings. The first-order valence-corrected chi connectivity index (χ1v) is 7.82. The average molecular weight is 310 g/mol. The van der Waals surface area contributed by atoms with Gasteiger partial charge in [-0.2, -0.15) is 0 Å². The number of fused-ring (bicyclic) bond motifs is 1. The second-order valence-corrected chi connectivity index (χ2v) is 6.80. The number of amides is 1. The van der Waals surface area contributed by atoms with Crippen molar-refractivity contribution >= 4 is 27.0 Å².